The van der Waals surface area contributed by atoms with Crippen LogP contribution < -0.4 is 0 Å². The largest absolute Gasteiger partial charge is 0.418 e. The summed E-state index contributed by atoms with van der Waals surface area (Å²) in [6.45, 7) is 2.38. The van der Waals surface area contributed by atoms with E-state index in [0.717, 1.165) is 6.92 Å². The Balaban J connectivity index is 2.51. The normalized spacial score (nSPS) is 24.6. The summed E-state index contributed by atoms with van der Waals surface area (Å²) in [6, 6.07) is 0. The van der Waals surface area contributed by atoms with Gasteiger partial charge in [-0.3, -0.25) is 4.90 Å². The summed E-state index contributed by atoms with van der Waals surface area (Å²) >= 11 is 0. The number of aliphatic hydroxyl groups is 1. The van der Waals surface area contributed by atoms with Crippen molar-refractivity contribution in [2.75, 3.05) is 32.8 Å². The van der Waals surface area contributed by atoms with Gasteiger partial charge in [0, 0.05) is 26.2 Å². The molecule has 1 aliphatic rings. The molecule has 1 heterocycles. The molecule has 0 radical (unpaired) electrons. The predicted octanol–water partition coefficient (Wildman–Crippen LogP) is 1.02. The third-order valence-corrected chi connectivity index (χ3v) is 2.46. The molecule has 1 rings (SSSR count). The molecule has 0 saturated carbocycles. The monoisotopic (exact) mass is 227 g/mol. The molecule has 0 spiro atoms. The average molecular weight is 227 g/mol. The van der Waals surface area contributed by atoms with Crippen molar-refractivity contribution in [2.24, 2.45) is 0 Å². The van der Waals surface area contributed by atoms with Crippen LogP contribution in [0.2, 0.25) is 0 Å². The highest BCUT2D eigenvalue weighted by Gasteiger charge is 2.50. The van der Waals surface area contributed by atoms with E-state index in [1.165, 1.54) is 0 Å². The lowest BCUT2D eigenvalue weighted by molar-refractivity contribution is -0.257. The van der Waals surface area contributed by atoms with Crippen LogP contribution in [0.15, 0.2) is 0 Å². The van der Waals surface area contributed by atoms with E-state index >= 15 is 0 Å². The Morgan fingerprint density at radius 2 is 1.93 bits per heavy atom. The molecular formula is C9H16F3NO2. The lowest BCUT2D eigenvalue weighted by Gasteiger charge is -2.32. The first-order chi connectivity index (χ1) is 6.83. The topological polar surface area (TPSA) is 32.7 Å². The first kappa shape index (κ1) is 12.7. The Morgan fingerprint density at radius 3 is 2.53 bits per heavy atom. The van der Waals surface area contributed by atoms with Crippen molar-refractivity contribution in [3.63, 3.8) is 0 Å². The second-order valence-electron chi connectivity index (χ2n) is 4.01. The van der Waals surface area contributed by atoms with Crippen molar-refractivity contribution in [3.05, 3.63) is 0 Å². The number of halogens is 3. The van der Waals surface area contributed by atoms with E-state index in [9.17, 15) is 18.3 Å². The number of β-amino-alcohol motifs (C(OH)–C–C–N with tert-alkyl or cyclic N) is 1. The Morgan fingerprint density at radius 1 is 1.27 bits per heavy atom. The molecule has 1 atom stereocenters. The van der Waals surface area contributed by atoms with Gasteiger partial charge in [-0.2, -0.15) is 13.2 Å². The van der Waals surface area contributed by atoms with Gasteiger partial charge in [0.2, 0.25) is 0 Å². The van der Waals surface area contributed by atoms with Crippen molar-refractivity contribution >= 4 is 0 Å². The summed E-state index contributed by atoms with van der Waals surface area (Å²) in [5.74, 6) is 0. The van der Waals surface area contributed by atoms with E-state index in [2.05, 4.69) is 0 Å². The highest BCUT2D eigenvalue weighted by atomic mass is 19.4. The van der Waals surface area contributed by atoms with E-state index < -0.39 is 11.8 Å². The molecule has 3 nitrogen and oxygen atoms in total. The standard InChI is InChI=1S/C9H16F3NO2/c1-8(14,9(10,11)12)7-13-3-2-5-15-6-4-13/h14H,2-7H2,1H3. The van der Waals surface area contributed by atoms with Crippen molar-refractivity contribution in [1.82, 2.24) is 4.90 Å². The van der Waals surface area contributed by atoms with Gasteiger partial charge in [0.05, 0.1) is 6.61 Å². The van der Waals surface area contributed by atoms with Gasteiger partial charge in [-0.25, -0.2) is 0 Å². The van der Waals surface area contributed by atoms with Gasteiger partial charge in [0.1, 0.15) is 0 Å². The summed E-state index contributed by atoms with van der Waals surface area (Å²) in [5, 5.41) is 9.29. The second kappa shape index (κ2) is 4.67. The highest BCUT2D eigenvalue weighted by molar-refractivity contribution is 4.85. The molecule has 1 N–H and O–H groups in total. The predicted molar refractivity (Wildman–Crippen MR) is 48.6 cm³/mol. The number of ether oxygens (including phenoxy) is 1. The fourth-order valence-electron chi connectivity index (χ4n) is 1.48. The highest BCUT2D eigenvalue weighted by Crippen LogP contribution is 2.30. The molecule has 15 heavy (non-hydrogen) atoms. The van der Waals surface area contributed by atoms with Crippen LogP contribution in [-0.4, -0.2) is 54.6 Å². The zero-order chi connectivity index (χ0) is 11.5. The summed E-state index contributed by atoms with van der Waals surface area (Å²) in [5.41, 5.74) is -2.64. The molecule has 1 saturated heterocycles. The van der Waals surface area contributed by atoms with Crippen molar-refractivity contribution in [1.29, 1.82) is 0 Å². The SMILES string of the molecule is CC(O)(CN1CCCOCC1)C(F)(F)F. The summed E-state index contributed by atoms with van der Waals surface area (Å²) < 4.78 is 42.3. The summed E-state index contributed by atoms with van der Waals surface area (Å²) in [6.07, 6.45) is -3.88. The van der Waals surface area contributed by atoms with E-state index in [-0.39, 0.29) is 6.54 Å². The van der Waals surface area contributed by atoms with Gasteiger partial charge in [-0.05, 0) is 13.3 Å². The Hall–Kier alpha value is -0.330. The van der Waals surface area contributed by atoms with Crippen LogP contribution in [0, 0.1) is 0 Å². The van der Waals surface area contributed by atoms with Crippen LogP contribution in [0.1, 0.15) is 13.3 Å². The van der Waals surface area contributed by atoms with Crippen LogP contribution >= 0.6 is 0 Å². The minimum absolute atomic E-state index is 0.389. The number of nitrogens with zero attached hydrogens (tertiary/aromatic N) is 1. The lowest BCUT2D eigenvalue weighted by Crippen LogP contribution is -2.51. The smallest absolute Gasteiger partial charge is 0.380 e. The van der Waals surface area contributed by atoms with Gasteiger partial charge in [0.15, 0.2) is 5.60 Å². The Bertz CT molecular complexity index is 198. The minimum atomic E-state index is -4.58. The fraction of sp³-hybridized carbons (Fsp3) is 1.00. The third kappa shape index (κ3) is 3.62. The molecule has 0 bridgehead atoms. The van der Waals surface area contributed by atoms with Crippen LogP contribution in [0.25, 0.3) is 0 Å². The maximum atomic E-state index is 12.4. The van der Waals surface area contributed by atoms with Gasteiger partial charge < -0.3 is 9.84 Å². The first-order valence-electron chi connectivity index (χ1n) is 4.92. The fourth-order valence-corrected chi connectivity index (χ4v) is 1.48. The van der Waals surface area contributed by atoms with Crippen molar-refractivity contribution in [3.8, 4) is 0 Å². The van der Waals surface area contributed by atoms with Gasteiger partial charge in [0.25, 0.3) is 0 Å². The van der Waals surface area contributed by atoms with Crippen LogP contribution in [-0.2, 0) is 4.74 Å². The molecule has 0 aromatic carbocycles. The van der Waals surface area contributed by atoms with E-state index in [0.29, 0.717) is 32.7 Å². The molecule has 0 aliphatic carbocycles. The molecule has 1 aliphatic heterocycles. The first-order valence-corrected chi connectivity index (χ1v) is 4.92. The number of hydrogen-bond donors (Lipinski definition) is 1. The minimum Gasteiger partial charge on any atom is -0.380 e. The van der Waals surface area contributed by atoms with E-state index in [1.807, 2.05) is 0 Å². The average Bonchev–Trinajstić information content (AvgIpc) is 2.30. The molecule has 1 unspecified atom stereocenters. The zero-order valence-electron chi connectivity index (χ0n) is 8.68. The molecule has 0 aromatic rings. The van der Waals surface area contributed by atoms with Crippen LogP contribution in [0.5, 0.6) is 0 Å². The molecule has 0 aromatic heterocycles. The molecule has 0 amide bonds. The van der Waals surface area contributed by atoms with Crippen molar-refractivity contribution < 1.29 is 23.0 Å². The molecular weight excluding hydrogens is 211 g/mol. The maximum absolute atomic E-state index is 12.4. The van der Waals surface area contributed by atoms with Crippen molar-refractivity contribution in [2.45, 2.75) is 25.1 Å². The maximum Gasteiger partial charge on any atom is 0.418 e. The Labute approximate surface area is 86.8 Å². The zero-order valence-corrected chi connectivity index (χ0v) is 8.68. The van der Waals surface area contributed by atoms with Gasteiger partial charge >= 0.3 is 6.18 Å². The third-order valence-electron chi connectivity index (χ3n) is 2.46. The molecule has 1 fully saturated rings. The Kier molecular flexibility index (Phi) is 3.97. The summed E-state index contributed by atoms with van der Waals surface area (Å²) in [7, 11) is 0. The molecule has 90 valence electrons. The van der Waals surface area contributed by atoms with Crippen LogP contribution in [0.4, 0.5) is 13.2 Å². The molecule has 6 heteroatoms. The number of rotatable bonds is 2. The summed E-state index contributed by atoms with van der Waals surface area (Å²) in [4.78, 5) is 1.58. The lowest BCUT2D eigenvalue weighted by atomic mass is 10.1. The number of alkyl halides is 3. The van der Waals surface area contributed by atoms with Gasteiger partial charge in [-0.1, -0.05) is 0 Å². The second-order valence-corrected chi connectivity index (χ2v) is 4.01. The number of hydrogen-bond acceptors (Lipinski definition) is 3. The van der Waals surface area contributed by atoms with Gasteiger partial charge in [-0.15, -0.1) is 0 Å². The quantitative estimate of drug-likeness (QED) is 0.764. The van der Waals surface area contributed by atoms with E-state index in [1.54, 1.807) is 4.90 Å². The van der Waals surface area contributed by atoms with E-state index in [4.69, 9.17) is 4.74 Å². The van der Waals surface area contributed by atoms with Crippen LogP contribution in [0.3, 0.4) is 0 Å².